The molecule has 0 bridgehead atoms. The first-order valence-electron chi connectivity index (χ1n) is 6.64. The predicted molar refractivity (Wildman–Crippen MR) is 87.9 cm³/mol. The maximum absolute atomic E-state index is 10.6. The second-order valence-corrected chi connectivity index (χ2v) is 4.66. The van der Waals surface area contributed by atoms with Gasteiger partial charge in [0.1, 0.15) is 0 Å². The number of anilines is 2. The van der Waals surface area contributed by atoms with Crippen LogP contribution in [0.5, 0.6) is 11.5 Å². The van der Waals surface area contributed by atoms with E-state index in [9.17, 15) is 9.59 Å². The van der Waals surface area contributed by atoms with Gasteiger partial charge >= 0.3 is 12.3 Å². The number of nitrogens with two attached hydrogens (primary N) is 2. The number of rotatable bonds is 4. The minimum absolute atomic E-state index is 0.0249. The summed E-state index contributed by atoms with van der Waals surface area (Å²) in [4.78, 5) is 21.2. The van der Waals surface area contributed by atoms with Gasteiger partial charge in [-0.1, -0.05) is 24.3 Å². The summed E-state index contributed by atoms with van der Waals surface area (Å²) in [6.45, 7) is 0. The van der Waals surface area contributed by atoms with Gasteiger partial charge in [-0.05, 0) is 35.4 Å². The van der Waals surface area contributed by atoms with Crippen LogP contribution in [0.1, 0.15) is 11.1 Å². The highest BCUT2D eigenvalue weighted by Crippen LogP contribution is 2.26. The molecular formula is C16H14N2O6. The molecule has 0 saturated heterocycles. The largest absolute Gasteiger partial charge is 0.511 e. The summed E-state index contributed by atoms with van der Waals surface area (Å²) in [7, 11) is 0. The maximum atomic E-state index is 10.6. The molecule has 2 rings (SSSR count). The summed E-state index contributed by atoms with van der Waals surface area (Å²) in [6.07, 6.45) is 0.419. The number of carbonyl (C=O) groups is 2. The van der Waals surface area contributed by atoms with Gasteiger partial charge in [0.25, 0.3) is 0 Å². The first-order valence-corrected chi connectivity index (χ1v) is 6.64. The molecule has 24 heavy (non-hydrogen) atoms. The Balaban J connectivity index is 2.24. The smallest absolute Gasteiger partial charge is 0.449 e. The Labute approximate surface area is 136 Å². The van der Waals surface area contributed by atoms with E-state index in [1.807, 2.05) is 0 Å². The van der Waals surface area contributed by atoms with Gasteiger partial charge in [-0.3, -0.25) is 0 Å². The summed E-state index contributed by atoms with van der Waals surface area (Å²) in [6, 6.07) is 9.30. The molecule has 124 valence electrons. The van der Waals surface area contributed by atoms with Gasteiger partial charge in [-0.2, -0.15) is 0 Å². The standard InChI is InChI=1S/C16H14N2O6/c17-11-5-3-9(7-13(11)23-15(19)20)1-2-10-4-6-12(18)14(8-10)24-16(21)22/h1-8H,17-18H2,(H,19,20)(H,21,22). The van der Waals surface area contributed by atoms with Gasteiger partial charge in [0, 0.05) is 0 Å². The molecule has 0 atom stereocenters. The fraction of sp³-hybridized carbons (Fsp3) is 0. The van der Waals surface area contributed by atoms with E-state index in [2.05, 4.69) is 9.47 Å². The van der Waals surface area contributed by atoms with E-state index in [-0.39, 0.29) is 22.9 Å². The Hall–Kier alpha value is -3.68. The van der Waals surface area contributed by atoms with E-state index in [0.717, 1.165) is 0 Å². The van der Waals surface area contributed by atoms with Crippen molar-refractivity contribution in [3.8, 4) is 11.5 Å². The normalized spacial score (nSPS) is 10.5. The minimum Gasteiger partial charge on any atom is -0.449 e. The zero-order chi connectivity index (χ0) is 17.7. The maximum Gasteiger partial charge on any atom is 0.511 e. The number of hydrogen-bond donors (Lipinski definition) is 4. The molecule has 0 saturated carbocycles. The molecule has 0 fully saturated rings. The monoisotopic (exact) mass is 330 g/mol. The molecular weight excluding hydrogens is 316 g/mol. The minimum atomic E-state index is -1.46. The van der Waals surface area contributed by atoms with Crippen molar-refractivity contribution in [1.29, 1.82) is 0 Å². The third kappa shape index (κ3) is 4.41. The molecule has 0 spiro atoms. The van der Waals surface area contributed by atoms with Gasteiger partial charge in [0.15, 0.2) is 11.5 Å². The molecule has 0 aromatic heterocycles. The van der Waals surface area contributed by atoms with Crippen LogP contribution in [0.3, 0.4) is 0 Å². The van der Waals surface area contributed by atoms with Crippen LogP contribution in [-0.4, -0.2) is 22.5 Å². The van der Waals surface area contributed by atoms with Gasteiger partial charge in [-0.25, -0.2) is 9.59 Å². The zero-order valence-electron chi connectivity index (χ0n) is 12.3. The van der Waals surface area contributed by atoms with E-state index in [1.165, 1.54) is 24.3 Å². The lowest BCUT2D eigenvalue weighted by Gasteiger charge is -2.06. The average molecular weight is 330 g/mol. The quantitative estimate of drug-likeness (QED) is 0.289. The SMILES string of the molecule is Nc1ccc(C=Cc2ccc(N)c(OC(=O)O)c2)cc1OC(=O)O. The van der Waals surface area contributed by atoms with Crippen LogP contribution in [0.4, 0.5) is 21.0 Å². The fourth-order valence-electron chi connectivity index (χ4n) is 1.87. The van der Waals surface area contributed by atoms with Gasteiger partial charge < -0.3 is 31.2 Å². The van der Waals surface area contributed by atoms with Crippen LogP contribution >= 0.6 is 0 Å². The third-order valence-corrected chi connectivity index (χ3v) is 2.94. The van der Waals surface area contributed by atoms with Gasteiger partial charge in [0.05, 0.1) is 11.4 Å². The second-order valence-electron chi connectivity index (χ2n) is 4.66. The molecule has 6 N–H and O–H groups in total. The first kappa shape index (κ1) is 16.7. The predicted octanol–water partition coefficient (Wildman–Crippen LogP) is 3.14. The second kappa shape index (κ2) is 7.05. The molecule has 0 amide bonds. The fourth-order valence-corrected chi connectivity index (χ4v) is 1.87. The lowest BCUT2D eigenvalue weighted by molar-refractivity contribution is 0.143. The molecule has 2 aromatic rings. The summed E-state index contributed by atoms with van der Waals surface area (Å²) in [5, 5.41) is 17.3. The highest BCUT2D eigenvalue weighted by molar-refractivity contribution is 5.76. The lowest BCUT2D eigenvalue weighted by Crippen LogP contribution is -2.05. The topological polar surface area (TPSA) is 145 Å². The van der Waals surface area contributed by atoms with Gasteiger partial charge in [0.2, 0.25) is 0 Å². The summed E-state index contributed by atoms with van der Waals surface area (Å²) in [5.74, 6) is 0.0497. The van der Waals surface area contributed by atoms with Crippen LogP contribution in [0.25, 0.3) is 12.2 Å². The number of nitrogen functional groups attached to an aromatic ring is 2. The van der Waals surface area contributed by atoms with Crippen LogP contribution in [0.15, 0.2) is 36.4 Å². The Bertz CT molecular complexity index is 749. The number of hydrogen-bond acceptors (Lipinski definition) is 6. The zero-order valence-corrected chi connectivity index (χ0v) is 12.3. The summed E-state index contributed by atoms with van der Waals surface area (Å²) < 4.78 is 9.14. The highest BCUT2D eigenvalue weighted by atomic mass is 16.7. The molecule has 0 aliphatic heterocycles. The van der Waals surface area contributed by atoms with Gasteiger partial charge in [-0.15, -0.1) is 0 Å². The first-order chi connectivity index (χ1) is 11.3. The molecule has 2 aromatic carbocycles. The summed E-state index contributed by atoms with van der Waals surface area (Å²) >= 11 is 0. The molecule has 0 aliphatic rings. The van der Waals surface area contributed by atoms with E-state index in [0.29, 0.717) is 11.1 Å². The molecule has 8 heteroatoms. The summed E-state index contributed by atoms with van der Waals surface area (Å²) in [5.41, 5.74) is 12.9. The van der Waals surface area contributed by atoms with Crippen LogP contribution in [0.2, 0.25) is 0 Å². The Morgan fingerprint density at radius 3 is 1.50 bits per heavy atom. The van der Waals surface area contributed by atoms with Crippen molar-refractivity contribution in [2.75, 3.05) is 11.5 Å². The molecule has 0 heterocycles. The van der Waals surface area contributed by atoms with E-state index >= 15 is 0 Å². The molecule has 0 unspecified atom stereocenters. The van der Waals surface area contributed by atoms with Crippen LogP contribution in [0, 0.1) is 0 Å². The number of ether oxygens (including phenoxy) is 2. The van der Waals surface area contributed by atoms with Crippen molar-refractivity contribution in [2.45, 2.75) is 0 Å². The lowest BCUT2D eigenvalue weighted by atomic mass is 10.1. The Morgan fingerprint density at radius 1 is 0.792 bits per heavy atom. The van der Waals surface area contributed by atoms with E-state index < -0.39 is 12.3 Å². The highest BCUT2D eigenvalue weighted by Gasteiger charge is 2.07. The number of carboxylic acid groups (broad SMARTS) is 2. The Morgan fingerprint density at radius 2 is 1.17 bits per heavy atom. The van der Waals surface area contributed by atoms with E-state index in [4.69, 9.17) is 21.7 Å². The number of benzene rings is 2. The van der Waals surface area contributed by atoms with Crippen molar-refractivity contribution in [1.82, 2.24) is 0 Å². The molecule has 8 nitrogen and oxygen atoms in total. The van der Waals surface area contributed by atoms with Crippen molar-refractivity contribution < 1.29 is 29.3 Å². The third-order valence-electron chi connectivity index (χ3n) is 2.94. The van der Waals surface area contributed by atoms with E-state index in [1.54, 1.807) is 24.3 Å². The van der Waals surface area contributed by atoms with Crippen molar-refractivity contribution in [2.24, 2.45) is 0 Å². The molecule has 0 radical (unpaired) electrons. The van der Waals surface area contributed by atoms with Crippen molar-refractivity contribution in [3.05, 3.63) is 47.5 Å². The van der Waals surface area contributed by atoms with Crippen LogP contribution < -0.4 is 20.9 Å². The van der Waals surface area contributed by atoms with Crippen molar-refractivity contribution >= 4 is 35.8 Å². The molecule has 0 aliphatic carbocycles. The van der Waals surface area contributed by atoms with Crippen LogP contribution in [-0.2, 0) is 0 Å². The Kier molecular flexibility index (Phi) is 4.90. The average Bonchev–Trinajstić information content (AvgIpc) is 2.50. The van der Waals surface area contributed by atoms with Crippen molar-refractivity contribution in [3.63, 3.8) is 0 Å².